The van der Waals surface area contributed by atoms with Crippen LogP contribution in [0, 0.1) is 32.2 Å². The van der Waals surface area contributed by atoms with Crippen molar-refractivity contribution < 1.29 is 19.1 Å². The van der Waals surface area contributed by atoms with Crippen molar-refractivity contribution in [3.8, 4) is 12.5 Å². The summed E-state index contributed by atoms with van der Waals surface area (Å²) in [7, 11) is 0. The summed E-state index contributed by atoms with van der Waals surface area (Å²) >= 11 is 0. The third kappa shape index (κ3) is 9.28. The van der Waals surface area contributed by atoms with E-state index < -0.39 is 29.7 Å². The molecule has 0 aliphatic heterocycles. The number of rotatable bonds is 10. The van der Waals surface area contributed by atoms with Crippen LogP contribution >= 0.6 is 0 Å². The molecule has 0 bridgehead atoms. The van der Waals surface area contributed by atoms with E-state index in [9.17, 15) is 14.4 Å². The number of terminal acetylenes is 1. The van der Waals surface area contributed by atoms with Gasteiger partial charge in [-0.2, -0.15) is 0 Å². The Morgan fingerprint density at radius 3 is 2.11 bits per heavy atom. The van der Waals surface area contributed by atoms with Crippen LogP contribution in [0.2, 0.25) is 0 Å². The lowest BCUT2D eigenvalue weighted by atomic mass is 9.93. The van der Waals surface area contributed by atoms with E-state index in [0.717, 1.165) is 28.9 Å². The maximum atomic E-state index is 13.8. The van der Waals surface area contributed by atoms with Crippen molar-refractivity contribution in [1.29, 1.82) is 0 Å². The molecular formula is C28H43N3O4. The van der Waals surface area contributed by atoms with E-state index in [-0.39, 0.29) is 17.9 Å². The molecule has 0 spiro atoms. The average Bonchev–Trinajstić information content (AvgIpc) is 2.70. The summed E-state index contributed by atoms with van der Waals surface area (Å²) in [5.41, 5.74) is 1.65. The Morgan fingerprint density at radius 1 is 1.09 bits per heavy atom. The van der Waals surface area contributed by atoms with E-state index in [0.29, 0.717) is 12.0 Å². The second kappa shape index (κ2) is 13.2. The Morgan fingerprint density at radius 2 is 1.66 bits per heavy atom. The molecule has 0 saturated heterocycles. The predicted octanol–water partition coefficient (Wildman–Crippen LogP) is 5.01. The zero-order valence-electron chi connectivity index (χ0n) is 22.8. The fourth-order valence-corrected chi connectivity index (χ4v) is 4.04. The Kier molecular flexibility index (Phi) is 11.3. The molecule has 1 rings (SSSR count). The first-order chi connectivity index (χ1) is 16.2. The number of nitrogens with one attached hydrogen (secondary N) is 2. The lowest BCUT2D eigenvalue weighted by molar-refractivity contribution is -0.139. The van der Waals surface area contributed by atoms with Gasteiger partial charge in [0.05, 0.1) is 0 Å². The Hall–Kier alpha value is -3.01. The molecular weight excluding hydrogens is 442 g/mol. The highest BCUT2D eigenvalue weighted by molar-refractivity contribution is 5.93. The molecule has 0 saturated carbocycles. The summed E-state index contributed by atoms with van der Waals surface area (Å²) in [6.45, 7) is 16.9. The van der Waals surface area contributed by atoms with Crippen LogP contribution in [0.25, 0.3) is 0 Å². The van der Waals surface area contributed by atoms with Gasteiger partial charge in [0, 0.05) is 12.1 Å². The number of aryl methyl sites for hydroxylation is 2. The average molecular weight is 486 g/mol. The van der Waals surface area contributed by atoms with Crippen molar-refractivity contribution in [1.82, 2.24) is 15.5 Å². The monoisotopic (exact) mass is 485 g/mol. The van der Waals surface area contributed by atoms with Gasteiger partial charge in [0.2, 0.25) is 5.91 Å². The summed E-state index contributed by atoms with van der Waals surface area (Å²) in [6.07, 6.45) is 7.20. The van der Waals surface area contributed by atoms with Crippen LogP contribution in [0.15, 0.2) is 18.2 Å². The largest absolute Gasteiger partial charge is 0.444 e. The molecule has 0 fully saturated rings. The van der Waals surface area contributed by atoms with Gasteiger partial charge in [-0.05, 0) is 77.0 Å². The van der Waals surface area contributed by atoms with Gasteiger partial charge in [-0.1, -0.05) is 51.8 Å². The topological polar surface area (TPSA) is 87.7 Å². The molecule has 3 atom stereocenters. The molecule has 0 aliphatic rings. The van der Waals surface area contributed by atoms with E-state index in [2.05, 4.69) is 16.7 Å². The van der Waals surface area contributed by atoms with Crippen LogP contribution in [0.4, 0.5) is 4.79 Å². The highest BCUT2D eigenvalue weighted by Crippen LogP contribution is 2.29. The Balaban J connectivity index is 3.48. The quantitative estimate of drug-likeness (QED) is 0.360. The third-order valence-electron chi connectivity index (χ3n) is 5.51. The molecule has 2 N–H and O–H groups in total. The summed E-state index contributed by atoms with van der Waals surface area (Å²) in [5.74, 6) is -0.802. The molecule has 0 aliphatic carbocycles. The lowest BCUT2D eigenvalue weighted by Crippen LogP contribution is -2.52. The van der Waals surface area contributed by atoms with Gasteiger partial charge in [0.25, 0.3) is 5.91 Å². The first-order valence-electron chi connectivity index (χ1n) is 12.4. The van der Waals surface area contributed by atoms with E-state index in [1.807, 2.05) is 59.7 Å². The minimum atomic E-state index is -1.04. The molecule has 1 aromatic carbocycles. The number of alkyl carbamates (subject to hydrolysis) is 1. The first-order valence-corrected chi connectivity index (χ1v) is 12.4. The van der Waals surface area contributed by atoms with E-state index >= 15 is 0 Å². The smallest absolute Gasteiger partial charge is 0.408 e. The van der Waals surface area contributed by atoms with Gasteiger partial charge in [-0.15, -0.1) is 0 Å². The highest BCUT2D eigenvalue weighted by Gasteiger charge is 2.37. The van der Waals surface area contributed by atoms with Crippen molar-refractivity contribution >= 4 is 17.9 Å². The Labute approximate surface area is 211 Å². The number of hydrogen-bond donors (Lipinski definition) is 2. The van der Waals surface area contributed by atoms with E-state index in [1.54, 1.807) is 20.8 Å². The summed E-state index contributed by atoms with van der Waals surface area (Å²) in [5, 5.41) is 5.69. The third-order valence-corrected chi connectivity index (χ3v) is 5.51. The second-order valence-electron chi connectivity index (χ2n) is 10.6. The van der Waals surface area contributed by atoms with E-state index in [1.165, 1.54) is 0 Å². The maximum Gasteiger partial charge on any atom is 0.408 e. The van der Waals surface area contributed by atoms with Gasteiger partial charge in [0.15, 0.2) is 0 Å². The molecule has 0 radical (unpaired) electrons. The zero-order valence-corrected chi connectivity index (χ0v) is 22.8. The lowest BCUT2D eigenvalue weighted by Gasteiger charge is -2.33. The molecule has 3 amide bonds. The minimum absolute atomic E-state index is 0.0792. The molecule has 1 aromatic rings. The number of benzene rings is 1. The number of carbonyl (C=O) groups excluding carboxylic acids is 3. The number of carbonyl (C=O) groups is 3. The van der Waals surface area contributed by atoms with Crippen molar-refractivity contribution in [2.45, 2.75) is 105 Å². The van der Waals surface area contributed by atoms with Crippen LogP contribution in [0.5, 0.6) is 0 Å². The van der Waals surface area contributed by atoms with Crippen molar-refractivity contribution in [3.63, 3.8) is 0 Å². The number of nitrogens with zero attached hydrogens (tertiary/aromatic N) is 1. The normalized spacial score (nSPS) is 13.9. The SMILES string of the molecule is C#CN(C(=O)C(CC(C)C)NC(=O)OC(C)(C)C)C(C(=O)NC(C)CCC)c1c(C)cccc1C. The standard InChI is InChI=1S/C28H43N3O4/c1-11-14-21(7)29-25(32)24(23-19(5)15-13-16-20(23)6)31(12-2)26(33)22(17-18(3)4)30-27(34)35-28(8,9)10/h2,13,15-16,18,21-22,24H,11,14,17H2,1,3-10H3,(H,29,32)(H,30,34). The van der Waals surface area contributed by atoms with Crippen LogP contribution in [0.1, 0.15) is 90.5 Å². The number of hydrogen-bond acceptors (Lipinski definition) is 4. The molecule has 0 aromatic heterocycles. The minimum Gasteiger partial charge on any atom is -0.444 e. The van der Waals surface area contributed by atoms with Crippen LogP contribution in [-0.4, -0.2) is 40.5 Å². The van der Waals surface area contributed by atoms with Crippen molar-refractivity contribution in [3.05, 3.63) is 34.9 Å². The first kappa shape index (κ1) is 30.0. The number of ether oxygens (including phenoxy) is 1. The maximum absolute atomic E-state index is 13.8. The number of amides is 3. The molecule has 194 valence electrons. The van der Waals surface area contributed by atoms with Crippen LogP contribution in [0.3, 0.4) is 0 Å². The second-order valence-corrected chi connectivity index (χ2v) is 10.6. The van der Waals surface area contributed by atoms with Crippen molar-refractivity contribution in [2.24, 2.45) is 5.92 Å². The Bertz CT molecular complexity index is 907. The van der Waals surface area contributed by atoms with Crippen molar-refractivity contribution in [2.75, 3.05) is 0 Å². The summed E-state index contributed by atoms with van der Waals surface area (Å²) in [6, 6.07) is 6.06. The fourth-order valence-electron chi connectivity index (χ4n) is 4.04. The van der Waals surface area contributed by atoms with Gasteiger partial charge < -0.3 is 15.4 Å². The van der Waals surface area contributed by atoms with E-state index in [4.69, 9.17) is 11.2 Å². The van der Waals surface area contributed by atoms with Crippen LogP contribution < -0.4 is 10.6 Å². The predicted molar refractivity (Wildman–Crippen MR) is 139 cm³/mol. The fraction of sp³-hybridized carbons (Fsp3) is 0.607. The molecule has 3 unspecified atom stereocenters. The van der Waals surface area contributed by atoms with Gasteiger partial charge in [-0.3, -0.25) is 14.5 Å². The van der Waals surface area contributed by atoms with Gasteiger partial charge in [0.1, 0.15) is 17.7 Å². The highest BCUT2D eigenvalue weighted by atomic mass is 16.6. The van der Waals surface area contributed by atoms with Gasteiger partial charge >= 0.3 is 6.09 Å². The zero-order chi connectivity index (χ0) is 26.9. The molecule has 7 nitrogen and oxygen atoms in total. The van der Waals surface area contributed by atoms with Gasteiger partial charge in [-0.25, -0.2) is 4.79 Å². The summed E-state index contributed by atoms with van der Waals surface area (Å²) in [4.78, 5) is 41.0. The molecule has 7 heteroatoms. The molecule has 35 heavy (non-hydrogen) atoms. The summed E-state index contributed by atoms with van der Waals surface area (Å²) < 4.78 is 5.37. The molecule has 0 heterocycles. The van der Waals surface area contributed by atoms with Crippen LogP contribution in [-0.2, 0) is 14.3 Å².